The lowest BCUT2D eigenvalue weighted by Gasteiger charge is -2.38. The maximum Gasteiger partial charge on any atom is 0.427 e. The Labute approximate surface area is 130 Å². The number of fused-ring (bicyclic) bond motifs is 1. The molecular weight excluding hydrogens is 313 g/mol. The van der Waals surface area contributed by atoms with Gasteiger partial charge in [-0.2, -0.15) is 13.2 Å². The Balaban J connectivity index is 2.18. The van der Waals surface area contributed by atoms with E-state index in [1.54, 1.807) is 0 Å². The highest BCUT2D eigenvalue weighted by Gasteiger charge is 2.58. The molecule has 1 heterocycles. The number of aliphatic hydroxyl groups is 1. The Morgan fingerprint density at radius 1 is 1.36 bits per heavy atom. The molecule has 116 valence electrons. The summed E-state index contributed by atoms with van der Waals surface area (Å²) in [5.74, 6) is 5.11. The van der Waals surface area contributed by atoms with Crippen molar-refractivity contribution in [2.45, 2.75) is 31.2 Å². The van der Waals surface area contributed by atoms with Crippen LogP contribution in [0.4, 0.5) is 18.9 Å². The number of thiocarbonyl (C=S) groups is 1. The second kappa shape index (κ2) is 5.14. The predicted octanol–water partition coefficient (Wildman–Crippen LogP) is 2.65. The van der Waals surface area contributed by atoms with Crippen molar-refractivity contribution in [1.29, 1.82) is 0 Å². The molecule has 1 saturated carbocycles. The molecule has 7 heteroatoms. The molecule has 0 amide bonds. The molecule has 0 unspecified atom stereocenters. The number of anilines is 1. The first-order chi connectivity index (χ1) is 10.4. The molecule has 22 heavy (non-hydrogen) atoms. The van der Waals surface area contributed by atoms with Gasteiger partial charge in [-0.15, -0.1) is 0 Å². The third-order valence-corrected chi connectivity index (χ3v) is 3.89. The Morgan fingerprint density at radius 3 is 2.68 bits per heavy atom. The van der Waals surface area contributed by atoms with E-state index in [9.17, 15) is 13.2 Å². The molecule has 1 aromatic carbocycles. The SMILES string of the molecule is OCc1ccc2c(c1)NC(=S)N[C@]2(C#CC1CC1)C(F)(F)F. The standard InChI is InChI=1S/C15H13F3N2OS/c16-15(17,18)14(6-5-9-1-2-9)11-4-3-10(8-21)7-12(11)19-13(22)20-14/h3-4,7,9,21H,1-2,8H2,(H2,19,20,22)/t14-/m0/s1. The fourth-order valence-electron chi connectivity index (χ4n) is 2.34. The number of hydrogen-bond acceptors (Lipinski definition) is 2. The van der Waals surface area contributed by atoms with Crippen molar-refractivity contribution in [3.05, 3.63) is 29.3 Å². The van der Waals surface area contributed by atoms with Crippen LogP contribution in [0.15, 0.2) is 18.2 Å². The van der Waals surface area contributed by atoms with Gasteiger partial charge in [0.25, 0.3) is 0 Å². The second-order valence-corrected chi connectivity index (χ2v) is 5.82. The van der Waals surface area contributed by atoms with Crippen LogP contribution in [-0.2, 0) is 12.1 Å². The smallest absolute Gasteiger partial charge is 0.392 e. The molecule has 0 radical (unpaired) electrons. The number of hydrogen-bond donors (Lipinski definition) is 3. The Hall–Kier alpha value is -1.78. The van der Waals surface area contributed by atoms with Gasteiger partial charge in [0.2, 0.25) is 5.54 Å². The molecule has 3 nitrogen and oxygen atoms in total. The first-order valence-corrected chi connectivity index (χ1v) is 7.19. The monoisotopic (exact) mass is 326 g/mol. The van der Waals surface area contributed by atoms with Crippen molar-refractivity contribution in [3.8, 4) is 11.8 Å². The summed E-state index contributed by atoms with van der Waals surface area (Å²) in [5, 5.41) is 14.0. The minimum absolute atomic E-state index is 0.0287. The third kappa shape index (κ3) is 2.53. The van der Waals surface area contributed by atoms with E-state index in [1.807, 2.05) is 0 Å². The van der Waals surface area contributed by atoms with Crippen LogP contribution >= 0.6 is 12.2 Å². The van der Waals surface area contributed by atoms with Crippen LogP contribution in [0.25, 0.3) is 0 Å². The topological polar surface area (TPSA) is 44.3 Å². The fourth-order valence-corrected chi connectivity index (χ4v) is 2.61. The first-order valence-electron chi connectivity index (χ1n) is 6.78. The maximum absolute atomic E-state index is 13.8. The Kier molecular flexibility index (Phi) is 3.54. The van der Waals surface area contributed by atoms with Gasteiger partial charge in [0, 0.05) is 17.2 Å². The van der Waals surface area contributed by atoms with E-state index in [-0.39, 0.29) is 28.9 Å². The van der Waals surface area contributed by atoms with Crippen molar-refractivity contribution < 1.29 is 18.3 Å². The molecule has 2 aliphatic rings. The van der Waals surface area contributed by atoms with Gasteiger partial charge in [-0.25, -0.2) is 0 Å². The highest BCUT2D eigenvalue weighted by molar-refractivity contribution is 7.80. The van der Waals surface area contributed by atoms with Gasteiger partial charge in [0.05, 0.1) is 6.61 Å². The van der Waals surface area contributed by atoms with Crippen molar-refractivity contribution in [2.24, 2.45) is 5.92 Å². The average Bonchev–Trinajstić information content (AvgIpc) is 3.26. The van der Waals surface area contributed by atoms with Gasteiger partial charge in [-0.05, 0) is 36.7 Å². The summed E-state index contributed by atoms with van der Waals surface area (Å²) in [5.41, 5.74) is -1.82. The molecule has 1 atom stereocenters. The highest BCUT2D eigenvalue weighted by atomic mass is 32.1. The molecule has 3 rings (SSSR count). The van der Waals surface area contributed by atoms with E-state index < -0.39 is 11.7 Å². The summed E-state index contributed by atoms with van der Waals surface area (Å²) >= 11 is 4.92. The maximum atomic E-state index is 13.8. The van der Waals surface area contributed by atoms with Gasteiger partial charge >= 0.3 is 6.18 Å². The van der Waals surface area contributed by atoms with Crippen LogP contribution in [0, 0.1) is 17.8 Å². The molecule has 0 spiro atoms. The minimum Gasteiger partial charge on any atom is -0.392 e. The molecule has 3 N–H and O–H groups in total. The largest absolute Gasteiger partial charge is 0.427 e. The second-order valence-electron chi connectivity index (χ2n) is 5.41. The number of aliphatic hydroxyl groups excluding tert-OH is 1. The molecular formula is C15H13F3N2OS. The lowest BCUT2D eigenvalue weighted by atomic mass is 9.86. The van der Waals surface area contributed by atoms with Crippen LogP contribution in [0.5, 0.6) is 0 Å². The summed E-state index contributed by atoms with van der Waals surface area (Å²) < 4.78 is 41.4. The quantitative estimate of drug-likeness (QED) is 0.548. The normalized spacial score (nSPS) is 23.7. The zero-order chi connectivity index (χ0) is 16.0. The van der Waals surface area contributed by atoms with Crippen molar-refractivity contribution in [1.82, 2.24) is 5.32 Å². The van der Waals surface area contributed by atoms with Crippen LogP contribution < -0.4 is 10.6 Å². The van der Waals surface area contributed by atoms with E-state index in [2.05, 4.69) is 22.5 Å². The van der Waals surface area contributed by atoms with Crippen LogP contribution in [0.1, 0.15) is 24.0 Å². The molecule has 0 aromatic heterocycles. The van der Waals surface area contributed by atoms with E-state index in [1.165, 1.54) is 18.2 Å². The van der Waals surface area contributed by atoms with Crippen LogP contribution in [-0.4, -0.2) is 16.4 Å². The fraction of sp³-hybridized carbons (Fsp3) is 0.400. The number of benzene rings is 1. The summed E-state index contributed by atoms with van der Waals surface area (Å²) in [4.78, 5) is 0. The van der Waals surface area contributed by atoms with Gasteiger partial charge in [-0.1, -0.05) is 24.0 Å². The van der Waals surface area contributed by atoms with Crippen molar-refractivity contribution >= 4 is 23.0 Å². The predicted molar refractivity (Wildman–Crippen MR) is 80.0 cm³/mol. The number of nitrogens with one attached hydrogen (secondary N) is 2. The summed E-state index contributed by atoms with van der Waals surface area (Å²) in [7, 11) is 0. The number of rotatable bonds is 1. The van der Waals surface area contributed by atoms with Crippen molar-refractivity contribution in [2.75, 3.05) is 5.32 Å². The van der Waals surface area contributed by atoms with Crippen molar-refractivity contribution in [3.63, 3.8) is 0 Å². The summed E-state index contributed by atoms with van der Waals surface area (Å²) in [6.07, 6.45) is -2.96. The molecule has 1 aliphatic heterocycles. The minimum atomic E-state index is -4.63. The van der Waals surface area contributed by atoms with Gasteiger partial charge in [0.15, 0.2) is 5.11 Å². The lowest BCUT2D eigenvalue weighted by molar-refractivity contribution is -0.177. The van der Waals surface area contributed by atoms with Gasteiger partial charge in [0.1, 0.15) is 0 Å². The third-order valence-electron chi connectivity index (χ3n) is 3.69. The zero-order valence-corrected chi connectivity index (χ0v) is 12.2. The van der Waals surface area contributed by atoms with Crippen LogP contribution in [0.2, 0.25) is 0 Å². The Morgan fingerprint density at radius 2 is 2.09 bits per heavy atom. The number of halogens is 3. The molecule has 0 saturated heterocycles. The summed E-state index contributed by atoms with van der Waals surface area (Å²) in [6.45, 7) is -0.262. The van der Waals surface area contributed by atoms with E-state index in [0.29, 0.717) is 5.56 Å². The van der Waals surface area contributed by atoms with Crippen LogP contribution in [0.3, 0.4) is 0 Å². The summed E-state index contributed by atoms with van der Waals surface area (Å²) in [6, 6.07) is 4.25. The van der Waals surface area contributed by atoms with Gasteiger partial charge in [-0.3, -0.25) is 0 Å². The van der Waals surface area contributed by atoms with Gasteiger partial charge < -0.3 is 15.7 Å². The zero-order valence-electron chi connectivity index (χ0n) is 11.4. The highest BCUT2D eigenvalue weighted by Crippen LogP contribution is 2.44. The molecule has 1 fully saturated rings. The molecule has 0 bridgehead atoms. The lowest BCUT2D eigenvalue weighted by Crippen LogP contribution is -2.59. The average molecular weight is 326 g/mol. The Bertz CT molecular complexity index is 688. The first kappa shape index (κ1) is 15.1. The van der Waals surface area contributed by atoms with E-state index in [0.717, 1.165) is 12.8 Å². The van der Waals surface area contributed by atoms with E-state index >= 15 is 0 Å². The molecule has 1 aliphatic carbocycles. The molecule has 1 aromatic rings. The van der Waals surface area contributed by atoms with E-state index in [4.69, 9.17) is 17.3 Å². The number of alkyl halides is 3.